The van der Waals surface area contributed by atoms with Crippen molar-refractivity contribution in [1.82, 2.24) is 4.31 Å². The van der Waals surface area contributed by atoms with Crippen LogP contribution in [0.15, 0.2) is 53.4 Å². The molecule has 2 N–H and O–H groups in total. The summed E-state index contributed by atoms with van der Waals surface area (Å²) in [5.41, 5.74) is 1.18. The van der Waals surface area contributed by atoms with Crippen LogP contribution < -0.4 is 10.6 Å². The Kier molecular flexibility index (Phi) is 5.82. The highest BCUT2D eigenvalue weighted by molar-refractivity contribution is 7.89. The third-order valence-corrected chi connectivity index (χ3v) is 5.26. The van der Waals surface area contributed by atoms with Crippen LogP contribution in [0.4, 0.5) is 11.4 Å². The lowest BCUT2D eigenvalue weighted by molar-refractivity contribution is -0.114. The predicted molar refractivity (Wildman–Crippen MR) is 95.9 cm³/mol. The van der Waals surface area contributed by atoms with E-state index in [4.69, 9.17) is 11.6 Å². The zero-order chi connectivity index (χ0) is 17.7. The molecule has 0 unspecified atom stereocenters. The zero-order valence-electron chi connectivity index (χ0n) is 13.3. The Morgan fingerprint density at radius 1 is 1.08 bits per heavy atom. The first-order valence-corrected chi connectivity index (χ1v) is 8.93. The highest BCUT2D eigenvalue weighted by Crippen LogP contribution is 2.18. The molecule has 0 aromatic heterocycles. The Morgan fingerprint density at radius 3 is 2.38 bits per heavy atom. The van der Waals surface area contributed by atoms with Crippen LogP contribution >= 0.6 is 11.6 Å². The molecule has 0 radical (unpaired) electrons. The Labute approximate surface area is 146 Å². The summed E-state index contributed by atoms with van der Waals surface area (Å²) in [7, 11) is -0.576. The van der Waals surface area contributed by atoms with Gasteiger partial charge in [-0.05, 0) is 42.5 Å². The van der Waals surface area contributed by atoms with Crippen LogP contribution in [0.5, 0.6) is 0 Å². The lowest BCUT2D eigenvalue weighted by Crippen LogP contribution is -2.23. The maximum absolute atomic E-state index is 12.1. The van der Waals surface area contributed by atoms with Crippen LogP contribution in [-0.4, -0.2) is 39.3 Å². The molecular weight excluding hydrogens is 350 g/mol. The predicted octanol–water partition coefficient (Wildman–Crippen LogP) is 2.64. The van der Waals surface area contributed by atoms with Gasteiger partial charge in [0.25, 0.3) is 0 Å². The smallest absolute Gasteiger partial charge is 0.243 e. The van der Waals surface area contributed by atoms with Crippen molar-refractivity contribution in [2.75, 3.05) is 31.3 Å². The number of nitrogens with one attached hydrogen (secondary N) is 2. The summed E-state index contributed by atoms with van der Waals surface area (Å²) in [5, 5.41) is 6.21. The fraction of sp³-hybridized carbons (Fsp3) is 0.188. The largest absolute Gasteiger partial charge is 0.376 e. The number of benzene rings is 2. The van der Waals surface area contributed by atoms with Crippen LogP contribution in [-0.2, 0) is 14.8 Å². The normalized spacial score (nSPS) is 11.3. The molecule has 6 nitrogen and oxygen atoms in total. The Balaban J connectivity index is 1.99. The number of amides is 1. The summed E-state index contributed by atoms with van der Waals surface area (Å²) >= 11 is 5.79. The molecule has 2 aromatic carbocycles. The van der Waals surface area contributed by atoms with Gasteiger partial charge in [-0.25, -0.2) is 12.7 Å². The van der Waals surface area contributed by atoms with E-state index in [9.17, 15) is 13.2 Å². The molecule has 24 heavy (non-hydrogen) atoms. The van der Waals surface area contributed by atoms with Crippen molar-refractivity contribution in [1.29, 1.82) is 0 Å². The van der Waals surface area contributed by atoms with Crippen molar-refractivity contribution in [2.45, 2.75) is 4.90 Å². The van der Waals surface area contributed by atoms with Crippen LogP contribution in [0.25, 0.3) is 0 Å². The van der Waals surface area contributed by atoms with E-state index in [2.05, 4.69) is 10.6 Å². The monoisotopic (exact) mass is 367 g/mol. The maximum atomic E-state index is 12.1. The molecule has 0 spiro atoms. The van der Waals surface area contributed by atoms with Gasteiger partial charge in [0.05, 0.1) is 11.4 Å². The summed E-state index contributed by atoms with van der Waals surface area (Å²) in [6.45, 7) is 0.00803. The third kappa shape index (κ3) is 4.70. The van der Waals surface area contributed by atoms with Crippen LogP contribution in [0, 0.1) is 0 Å². The van der Waals surface area contributed by atoms with Crippen molar-refractivity contribution >= 4 is 38.9 Å². The molecule has 0 atom stereocenters. The van der Waals surface area contributed by atoms with E-state index >= 15 is 0 Å². The highest BCUT2D eigenvalue weighted by atomic mass is 35.5. The number of rotatable bonds is 6. The second-order valence-electron chi connectivity index (χ2n) is 5.22. The van der Waals surface area contributed by atoms with Gasteiger partial charge in [-0.1, -0.05) is 17.7 Å². The summed E-state index contributed by atoms with van der Waals surface area (Å²) in [4.78, 5) is 12.1. The zero-order valence-corrected chi connectivity index (χ0v) is 14.9. The Morgan fingerprint density at radius 2 is 1.75 bits per heavy atom. The minimum atomic E-state index is -3.51. The van der Waals surface area contributed by atoms with E-state index in [1.165, 1.54) is 26.2 Å². The summed E-state index contributed by atoms with van der Waals surface area (Å²) in [6.07, 6.45) is 0. The standard InChI is InChI=1S/C16H18ClN3O3S/c1-20(2)24(22,23)15-5-3-4-14(10-15)18-11-16(21)19-13-8-6-12(17)7-9-13/h3-10,18H,11H2,1-2H3,(H,19,21). The number of carbonyl (C=O) groups excluding carboxylic acids is 1. The maximum Gasteiger partial charge on any atom is 0.243 e. The van der Waals surface area contributed by atoms with Gasteiger partial charge in [-0.3, -0.25) is 4.79 Å². The molecule has 0 saturated carbocycles. The molecule has 0 aliphatic heterocycles. The SMILES string of the molecule is CN(C)S(=O)(=O)c1cccc(NCC(=O)Nc2ccc(Cl)cc2)c1. The van der Waals surface area contributed by atoms with Crippen LogP contribution in [0.1, 0.15) is 0 Å². The van der Waals surface area contributed by atoms with Gasteiger partial charge in [0.1, 0.15) is 0 Å². The number of hydrogen-bond acceptors (Lipinski definition) is 4. The quantitative estimate of drug-likeness (QED) is 0.822. The second kappa shape index (κ2) is 7.65. The van der Waals surface area contributed by atoms with Crippen molar-refractivity contribution < 1.29 is 13.2 Å². The molecular formula is C16H18ClN3O3S. The van der Waals surface area contributed by atoms with Gasteiger partial charge >= 0.3 is 0 Å². The number of halogens is 1. The molecule has 8 heteroatoms. The van der Waals surface area contributed by atoms with Gasteiger partial charge < -0.3 is 10.6 Å². The van der Waals surface area contributed by atoms with E-state index in [1.807, 2.05) is 0 Å². The second-order valence-corrected chi connectivity index (χ2v) is 7.81. The average Bonchev–Trinajstić information content (AvgIpc) is 2.55. The lowest BCUT2D eigenvalue weighted by atomic mass is 10.3. The molecule has 128 valence electrons. The Bertz CT molecular complexity index is 821. The van der Waals surface area contributed by atoms with E-state index in [1.54, 1.807) is 36.4 Å². The fourth-order valence-electron chi connectivity index (χ4n) is 1.90. The molecule has 2 aromatic rings. The lowest BCUT2D eigenvalue weighted by Gasteiger charge is -2.13. The van der Waals surface area contributed by atoms with E-state index in [-0.39, 0.29) is 17.3 Å². The molecule has 0 saturated heterocycles. The van der Waals surface area contributed by atoms with E-state index in [0.717, 1.165) is 4.31 Å². The van der Waals surface area contributed by atoms with E-state index in [0.29, 0.717) is 16.4 Å². The van der Waals surface area contributed by atoms with E-state index < -0.39 is 10.0 Å². The molecule has 0 aliphatic carbocycles. The van der Waals surface area contributed by atoms with Crippen molar-refractivity contribution in [3.63, 3.8) is 0 Å². The first kappa shape index (κ1) is 18.3. The minimum Gasteiger partial charge on any atom is -0.376 e. The van der Waals surface area contributed by atoms with Crippen molar-refractivity contribution in [3.8, 4) is 0 Å². The van der Waals surface area contributed by atoms with Gasteiger partial charge in [0.15, 0.2) is 0 Å². The van der Waals surface area contributed by atoms with Gasteiger partial charge in [-0.2, -0.15) is 0 Å². The fourth-order valence-corrected chi connectivity index (χ4v) is 2.97. The highest BCUT2D eigenvalue weighted by Gasteiger charge is 2.17. The molecule has 1 amide bonds. The van der Waals surface area contributed by atoms with Gasteiger partial charge in [0, 0.05) is 30.5 Å². The molecule has 0 heterocycles. The first-order valence-electron chi connectivity index (χ1n) is 7.11. The molecule has 0 aliphatic rings. The molecule has 0 fully saturated rings. The minimum absolute atomic E-state index is 0.00803. The van der Waals surface area contributed by atoms with Gasteiger partial charge in [-0.15, -0.1) is 0 Å². The van der Waals surface area contributed by atoms with Gasteiger partial charge in [0.2, 0.25) is 15.9 Å². The number of sulfonamides is 1. The summed E-state index contributed by atoms with van der Waals surface area (Å²) in [5.74, 6) is -0.252. The van der Waals surface area contributed by atoms with Crippen molar-refractivity contribution in [2.24, 2.45) is 0 Å². The van der Waals surface area contributed by atoms with Crippen LogP contribution in [0.2, 0.25) is 5.02 Å². The average molecular weight is 368 g/mol. The van der Waals surface area contributed by atoms with Crippen molar-refractivity contribution in [3.05, 3.63) is 53.6 Å². The molecule has 0 bridgehead atoms. The summed E-state index contributed by atoms with van der Waals surface area (Å²) < 4.78 is 25.3. The van der Waals surface area contributed by atoms with Crippen LogP contribution in [0.3, 0.4) is 0 Å². The first-order chi connectivity index (χ1) is 11.3. The third-order valence-electron chi connectivity index (χ3n) is 3.19. The number of anilines is 2. The topological polar surface area (TPSA) is 78.5 Å². The molecule has 2 rings (SSSR count). The number of nitrogens with zero attached hydrogens (tertiary/aromatic N) is 1. The number of hydrogen-bond donors (Lipinski definition) is 2. The summed E-state index contributed by atoms with van der Waals surface area (Å²) in [6, 6.07) is 13.1. The number of carbonyl (C=O) groups is 1. The Hall–Kier alpha value is -2.09.